The van der Waals surface area contributed by atoms with Crippen molar-refractivity contribution in [1.29, 1.82) is 0 Å². The highest BCUT2D eigenvalue weighted by atomic mass is 16.3. The molecule has 9 aromatic carbocycles. The maximum atomic E-state index is 7.85. The number of aromatic nitrogens is 1. The van der Waals surface area contributed by atoms with Crippen LogP contribution < -0.4 is 4.90 Å². The molecule has 0 radical (unpaired) electrons. The van der Waals surface area contributed by atoms with E-state index in [1.807, 2.05) is 18.2 Å². The Morgan fingerprint density at radius 3 is 1.80 bits per heavy atom. The summed E-state index contributed by atoms with van der Waals surface area (Å²) in [4.78, 5) is 6.24. The normalized spacial score (nSPS) is 13.1. The molecule has 2 heterocycles. The van der Waals surface area contributed by atoms with Crippen LogP contribution in [-0.4, -0.2) is 4.57 Å². The van der Waals surface area contributed by atoms with Crippen molar-refractivity contribution in [2.75, 3.05) is 4.90 Å². The first-order valence-electron chi connectivity index (χ1n) is 20.4. The van der Waals surface area contributed by atoms with E-state index in [-0.39, 0.29) is 0 Å². The second-order valence-electron chi connectivity index (χ2n) is 15.8. The molecule has 0 atom stereocenters. The van der Waals surface area contributed by atoms with Gasteiger partial charge >= 0.3 is 0 Å². The molecule has 2 aromatic heterocycles. The monoisotopic (exact) mass is 763 g/mol. The van der Waals surface area contributed by atoms with Gasteiger partial charge in [-0.25, -0.2) is 4.85 Å². The minimum atomic E-state index is -0.494. The SMILES string of the molecule is [C-]#[N+]c1ccc(N(c2cccc3c2-c2ccccc2C32c3ccccc3-c3ccccc32)c2cccc3c2c2c4c(ccc2n3-c2ccccc2)oc2ccccc24)cc1. The van der Waals surface area contributed by atoms with Crippen LogP contribution in [0, 0.1) is 6.57 Å². The number of furan rings is 1. The van der Waals surface area contributed by atoms with Crippen LogP contribution in [-0.2, 0) is 5.41 Å². The van der Waals surface area contributed by atoms with Crippen molar-refractivity contribution in [3.63, 3.8) is 0 Å². The van der Waals surface area contributed by atoms with Gasteiger partial charge in [-0.05, 0) is 99.6 Å². The second-order valence-corrected chi connectivity index (χ2v) is 15.8. The Kier molecular flexibility index (Phi) is 6.69. The van der Waals surface area contributed by atoms with E-state index in [1.165, 1.54) is 44.5 Å². The lowest BCUT2D eigenvalue weighted by Crippen LogP contribution is -2.26. The first kappa shape index (κ1) is 32.9. The highest BCUT2D eigenvalue weighted by molar-refractivity contribution is 6.30. The van der Waals surface area contributed by atoms with Gasteiger partial charge in [0.2, 0.25) is 0 Å². The fourth-order valence-corrected chi connectivity index (χ4v) is 10.8. The van der Waals surface area contributed by atoms with Crippen molar-refractivity contribution in [3.05, 3.63) is 234 Å². The van der Waals surface area contributed by atoms with E-state index in [4.69, 9.17) is 11.0 Å². The largest absolute Gasteiger partial charge is 0.456 e. The molecule has 4 heteroatoms. The van der Waals surface area contributed by atoms with Gasteiger partial charge in [0.25, 0.3) is 0 Å². The second kappa shape index (κ2) is 12.2. The van der Waals surface area contributed by atoms with Gasteiger partial charge < -0.3 is 13.9 Å². The van der Waals surface area contributed by atoms with Gasteiger partial charge in [0.15, 0.2) is 5.69 Å². The number of nitrogens with zero attached hydrogens (tertiary/aromatic N) is 3. The van der Waals surface area contributed by atoms with Gasteiger partial charge in [0.05, 0.1) is 34.4 Å². The third kappa shape index (κ3) is 4.18. The van der Waals surface area contributed by atoms with Gasteiger partial charge in [-0.1, -0.05) is 140 Å². The van der Waals surface area contributed by atoms with Gasteiger partial charge in [0.1, 0.15) is 11.2 Å². The first-order valence-corrected chi connectivity index (χ1v) is 20.4. The average Bonchev–Trinajstić information content (AvgIpc) is 4.04. The summed E-state index contributed by atoms with van der Waals surface area (Å²) in [5.41, 5.74) is 18.4. The molecule has 0 unspecified atom stereocenters. The first-order chi connectivity index (χ1) is 29.8. The highest BCUT2D eigenvalue weighted by Crippen LogP contribution is 2.65. The quantitative estimate of drug-likeness (QED) is 0.167. The molecule has 0 amide bonds. The van der Waals surface area contributed by atoms with E-state index >= 15 is 0 Å². The third-order valence-electron chi connectivity index (χ3n) is 13.0. The maximum Gasteiger partial charge on any atom is 0.187 e. The summed E-state index contributed by atoms with van der Waals surface area (Å²) in [5, 5.41) is 4.44. The van der Waals surface area contributed by atoms with E-state index in [2.05, 4.69) is 196 Å². The van der Waals surface area contributed by atoms with E-state index in [9.17, 15) is 0 Å². The molecule has 11 aromatic rings. The predicted molar refractivity (Wildman–Crippen MR) is 245 cm³/mol. The zero-order valence-corrected chi connectivity index (χ0v) is 32.3. The van der Waals surface area contributed by atoms with Crippen LogP contribution in [0.4, 0.5) is 22.7 Å². The number of fused-ring (bicyclic) bond motifs is 17. The topological polar surface area (TPSA) is 25.7 Å². The van der Waals surface area contributed by atoms with E-state index < -0.39 is 5.41 Å². The van der Waals surface area contributed by atoms with Gasteiger partial charge in [-0.3, -0.25) is 0 Å². The number of hydrogen-bond acceptors (Lipinski definition) is 2. The Morgan fingerprint density at radius 2 is 1.05 bits per heavy atom. The molecule has 0 bridgehead atoms. The lowest BCUT2D eigenvalue weighted by Gasteiger charge is -2.32. The number of anilines is 3. The summed E-state index contributed by atoms with van der Waals surface area (Å²) < 4.78 is 8.97. The standard InChI is InChI=1S/C56H33N3O/c1-57-35-29-31-37(32-30-35)59(46-25-13-24-45-52(46)40-19-7-11-23-44(40)56(45)42-21-9-5-17-38(42)39-18-6-10-22-43(39)56)48-27-14-26-47-54(48)55-49(58(47)36-15-3-2-4-16-36)33-34-51-53(55)41-20-8-12-28-50(41)60-51/h2-34H. The molecular weight excluding hydrogens is 731 g/mol. The number of benzene rings is 9. The molecule has 2 aliphatic rings. The minimum Gasteiger partial charge on any atom is -0.456 e. The van der Waals surface area contributed by atoms with Gasteiger partial charge in [-0.2, -0.15) is 0 Å². The summed E-state index contributed by atoms with van der Waals surface area (Å²) in [7, 11) is 0. The fourth-order valence-electron chi connectivity index (χ4n) is 10.8. The van der Waals surface area contributed by atoms with Crippen LogP contribution in [0.3, 0.4) is 0 Å². The molecule has 1 spiro atoms. The van der Waals surface area contributed by atoms with Crippen molar-refractivity contribution >= 4 is 66.5 Å². The summed E-state index contributed by atoms with van der Waals surface area (Å²) in [6, 6.07) is 71.9. The zero-order valence-electron chi connectivity index (χ0n) is 32.3. The summed E-state index contributed by atoms with van der Waals surface area (Å²) in [6.07, 6.45) is 0. The van der Waals surface area contributed by atoms with E-state index in [0.29, 0.717) is 5.69 Å². The van der Waals surface area contributed by atoms with Crippen molar-refractivity contribution in [3.8, 4) is 27.9 Å². The van der Waals surface area contributed by atoms with Crippen molar-refractivity contribution in [2.45, 2.75) is 5.41 Å². The smallest absolute Gasteiger partial charge is 0.187 e. The maximum absolute atomic E-state index is 7.85. The van der Waals surface area contributed by atoms with Crippen molar-refractivity contribution in [1.82, 2.24) is 4.57 Å². The summed E-state index contributed by atoms with van der Waals surface area (Å²) >= 11 is 0. The van der Waals surface area contributed by atoms with Crippen LogP contribution in [0.2, 0.25) is 0 Å². The molecule has 0 saturated heterocycles. The van der Waals surface area contributed by atoms with E-state index in [1.54, 1.807) is 0 Å². The number of rotatable bonds is 4. The van der Waals surface area contributed by atoms with Crippen LogP contribution >= 0.6 is 0 Å². The molecule has 0 saturated carbocycles. The average molecular weight is 764 g/mol. The molecular formula is C56H33N3O. The molecule has 0 N–H and O–H groups in total. The van der Waals surface area contributed by atoms with Gasteiger partial charge in [0, 0.05) is 38.5 Å². The highest BCUT2D eigenvalue weighted by Gasteiger charge is 2.52. The van der Waals surface area contributed by atoms with Crippen LogP contribution in [0.1, 0.15) is 22.3 Å². The zero-order chi connectivity index (χ0) is 39.5. The molecule has 278 valence electrons. The Labute approximate surface area is 346 Å². The van der Waals surface area contributed by atoms with Gasteiger partial charge in [-0.15, -0.1) is 0 Å². The molecule has 0 fully saturated rings. The lowest BCUT2D eigenvalue weighted by molar-refractivity contribution is 0.669. The summed E-state index contributed by atoms with van der Waals surface area (Å²) in [5.74, 6) is 0. The molecule has 60 heavy (non-hydrogen) atoms. The van der Waals surface area contributed by atoms with Crippen LogP contribution in [0.5, 0.6) is 0 Å². The minimum absolute atomic E-state index is 0.494. The molecule has 0 aliphatic heterocycles. The Hall–Kier alpha value is -8.13. The lowest BCUT2D eigenvalue weighted by atomic mass is 9.70. The Bertz CT molecular complexity index is 3580. The third-order valence-corrected chi connectivity index (χ3v) is 13.0. The molecule has 4 nitrogen and oxygen atoms in total. The predicted octanol–water partition coefficient (Wildman–Crippen LogP) is 15.0. The number of para-hydroxylation sites is 2. The summed E-state index contributed by atoms with van der Waals surface area (Å²) in [6.45, 7) is 7.85. The Balaban J connectivity index is 1.19. The molecule has 2 aliphatic carbocycles. The van der Waals surface area contributed by atoms with Crippen LogP contribution in [0.25, 0.3) is 76.5 Å². The Morgan fingerprint density at radius 1 is 0.450 bits per heavy atom. The fraction of sp³-hybridized carbons (Fsp3) is 0.0179. The van der Waals surface area contributed by atoms with E-state index in [0.717, 1.165) is 66.5 Å². The molecule has 13 rings (SSSR count). The van der Waals surface area contributed by atoms with Crippen molar-refractivity contribution < 1.29 is 4.42 Å². The van der Waals surface area contributed by atoms with Crippen molar-refractivity contribution in [2.24, 2.45) is 0 Å². The number of hydrogen-bond donors (Lipinski definition) is 0. The van der Waals surface area contributed by atoms with Crippen LogP contribution in [0.15, 0.2) is 205 Å².